The molecule has 2 atom stereocenters. The first-order chi connectivity index (χ1) is 10.8. The maximum Gasteiger partial charge on any atom is 0.227 e. The molecule has 22 heavy (non-hydrogen) atoms. The molecule has 2 aromatic rings. The van der Waals surface area contributed by atoms with Crippen molar-refractivity contribution in [1.82, 2.24) is 5.32 Å². The first kappa shape index (κ1) is 14.3. The minimum absolute atomic E-state index is 0.0334. The lowest BCUT2D eigenvalue weighted by Crippen LogP contribution is -2.30. The van der Waals surface area contributed by atoms with Gasteiger partial charge in [0.15, 0.2) is 0 Å². The predicted octanol–water partition coefficient (Wildman–Crippen LogP) is 4.13. The summed E-state index contributed by atoms with van der Waals surface area (Å²) >= 11 is 0. The second kappa shape index (κ2) is 6.44. The normalized spacial score (nSPS) is 21.5. The number of hydrogen-bond acceptors (Lipinski definition) is 1. The van der Waals surface area contributed by atoms with E-state index in [2.05, 4.69) is 30.1 Å². The minimum Gasteiger partial charge on any atom is -0.345 e. The van der Waals surface area contributed by atoms with Gasteiger partial charge in [-0.1, -0.05) is 72.8 Å². The highest BCUT2D eigenvalue weighted by atomic mass is 16.1. The SMILES string of the molecule is C=C[C@H]1CC(c2ccccc2)=C[C@@H](c2ccccc2)NC1=O. The Bertz CT molecular complexity index is 688. The van der Waals surface area contributed by atoms with Gasteiger partial charge in [0.25, 0.3) is 0 Å². The van der Waals surface area contributed by atoms with Crippen LogP contribution in [0.4, 0.5) is 0 Å². The maximum absolute atomic E-state index is 12.4. The lowest BCUT2D eigenvalue weighted by atomic mass is 9.93. The van der Waals surface area contributed by atoms with E-state index in [1.165, 1.54) is 5.57 Å². The Hall–Kier alpha value is -2.61. The topological polar surface area (TPSA) is 29.1 Å². The van der Waals surface area contributed by atoms with E-state index in [1.54, 1.807) is 6.08 Å². The summed E-state index contributed by atoms with van der Waals surface area (Å²) in [5, 5.41) is 3.11. The fourth-order valence-electron chi connectivity index (χ4n) is 2.80. The monoisotopic (exact) mass is 289 g/mol. The molecule has 0 radical (unpaired) electrons. The van der Waals surface area contributed by atoms with Crippen molar-refractivity contribution in [3.05, 3.63) is 90.5 Å². The average molecular weight is 289 g/mol. The fraction of sp³-hybridized carbons (Fsp3) is 0.150. The van der Waals surface area contributed by atoms with E-state index in [-0.39, 0.29) is 17.9 Å². The average Bonchev–Trinajstić information content (AvgIpc) is 2.75. The summed E-state index contributed by atoms with van der Waals surface area (Å²) in [5.74, 6) is -0.161. The highest BCUT2D eigenvalue weighted by molar-refractivity contribution is 5.85. The molecule has 1 heterocycles. The van der Waals surface area contributed by atoms with Crippen LogP contribution in [0.2, 0.25) is 0 Å². The summed E-state index contributed by atoms with van der Waals surface area (Å²) in [6, 6.07) is 20.2. The van der Waals surface area contributed by atoms with Crippen LogP contribution in [0.3, 0.4) is 0 Å². The molecule has 2 aromatic carbocycles. The molecule has 0 bridgehead atoms. The molecule has 0 aliphatic carbocycles. The van der Waals surface area contributed by atoms with Crippen LogP contribution in [0.5, 0.6) is 0 Å². The Morgan fingerprint density at radius 2 is 1.64 bits per heavy atom. The van der Waals surface area contributed by atoms with Crippen LogP contribution in [0.25, 0.3) is 5.57 Å². The van der Waals surface area contributed by atoms with Gasteiger partial charge in [0, 0.05) is 0 Å². The lowest BCUT2D eigenvalue weighted by Gasteiger charge is -2.15. The number of carbonyl (C=O) groups excluding carboxylic acids is 1. The van der Waals surface area contributed by atoms with Crippen molar-refractivity contribution >= 4 is 11.5 Å². The van der Waals surface area contributed by atoms with E-state index < -0.39 is 0 Å². The Kier molecular flexibility index (Phi) is 4.19. The lowest BCUT2D eigenvalue weighted by molar-refractivity contribution is -0.123. The van der Waals surface area contributed by atoms with Gasteiger partial charge in [0.1, 0.15) is 0 Å². The van der Waals surface area contributed by atoms with Crippen molar-refractivity contribution in [2.45, 2.75) is 12.5 Å². The van der Waals surface area contributed by atoms with Crippen LogP contribution in [-0.2, 0) is 4.79 Å². The van der Waals surface area contributed by atoms with E-state index in [1.807, 2.05) is 48.5 Å². The van der Waals surface area contributed by atoms with Gasteiger partial charge in [-0.05, 0) is 23.1 Å². The van der Waals surface area contributed by atoms with Crippen molar-refractivity contribution in [1.29, 1.82) is 0 Å². The molecule has 2 nitrogen and oxygen atoms in total. The molecule has 0 saturated carbocycles. The first-order valence-corrected chi connectivity index (χ1v) is 7.52. The smallest absolute Gasteiger partial charge is 0.227 e. The quantitative estimate of drug-likeness (QED) is 0.846. The largest absolute Gasteiger partial charge is 0.345 e. The molecule has 1 amide bonds. The van der Waals surface area contributed by atoms with Gasteiger partial charge in [-0.25, -0.2) is 0 Å². The maximum atomic E-state index is 12.4. The zero-order chi connectivity index (χ0) is 15.4. The minimum atomic E-state index is -0.194. The van der Waals surface area contributed by atoms with E-state index in [4.69, 9.17) is 0 Å². The van der Waals surface area contributed by atoms with Crippen LogP contribution in [0.15, 0.2) is 79.4 Å². The van der Waals surface area contributed by atoms with Gasteiger partial charge in [-0.2, -0.15) is 0 Å². The number of rotatable bonds is 3. The van der Waals surface area contributed by atoms with E-state index in [0.717, 1.165) is 11.1 Å². The predicted molar refractivity (Wildman–Crippen MR) is 90.0 cm³/mol. The molecule has 0 unspecified atom stereocenters. The van der Waals surface area contributed by atoms with Crippen molar-refractivity contribution in [3.63, 3.8) is 0 Å². The Labute approximate surface area is 131 Å². The molecule has 1 aliphatic rings. The van der Waals surface area contributed by atoms with Crippen LogP contribution < -0.4 is 5.32 Å². The number of allylic oxidation sites excluding steroid dienone is 1. The number of carbonyl (C=O) groups is 1. The first-order valence-electron chi connectivity index (χ1n) is 7.52. The van der Waals surface area contributed by atoms with Crippen LogP contribution in [0, 0.1) is 5.92 Å². The van der Waals surface area contributed by atoms with Crippen molar-refractivity contribution < 1.29 is 4.79 Å². The number of amides is 1. The molecule has 1 aliphatic heterocycles. The molecule has 0 spiro atoms. The second-order valence-electron chi connectivity index (χ2n) is 5.50. The van der Waals surface area contributed by atoms with Crippen molar-refractivity contribution in [2.75, 3.05) is 0 Å². The van der Waals surface area contributed by atoms with Crippen molar-refractivity contribution in [2.24, 2.45) is 5.92 Å². The third kappa shape index (κ3) is 3.01. The van der Waals surface area contributed by atoms with Gasteiger partial charge in [-0.15, -0.1) is 6.58 Å². The van der Waals surface area contributed by atoms with Crippen LogP contribution in [-0.4, -0.2) is 5.91 Å². The Morgan fingerprint density at radius 1 is 1.00 bits per heavy atom. The second-order valence-corrected chi connectivity index (χ2v) is 5.50. The highest BCUT2D eigenvalue weighted by Crippen LogP contribution is 2.30. The summed E-state index contributed by atoms with van der Waals surface area (Å²) in [7, 11) is 0. The number of hydrogen-bond donors (Lipinski definition) is 1. The van der Waals surface area contributed by atoms with Gasteiger partial charge in [0.05, 0.1) is 12.0 Å². The fourth-order valence-corrected chi connectivity index (χ4v) is 2.80. The molecule has 0 aromatic heterocycles. The third-order valence-corrected chi connectivity index (χ3v) is 4.03. The molecule has 0 saturated heterocycles. The highest BCUT2D eigenvalue weighted by Gasteiger charge is 2.25. The Morgan fingerprint density at radius 3 is 2.27 bits per heavy atom. The van der Waals surface area contributed by atoms with Crippen LogP contribution >= 0.6 is 0 Å². The number of nitrogens with one attached hydrogen (secondary N) is 1. The molecular formula is C20H19NO. The van der Waals surface area contributed by atoms with E-state index in [0.29, 0.717) is 6.42 Å². The van der Waals surface area contributed by atoms with E-state index >= 15 is 0 Å². The summed E-state index contributed by atoms with van der Waals surface area (Å²) in [6.45, 7) is 3.81. The summed E-state index contributed by atoms with van der Waals surface area (Å²) in [6.07, 6.45) is 4.58. The molecule has 2 heteroatoms. The van der Waals surface area contributed by atoms with Gasteiger partial charge in [0.2, 0.25) is 5.91 Å². The summed E-state index contributed by atoms with van der Waals surface area (Å²) < 4.78 is 0. The van der Waals surface area contributed by atoms with E-state index in [9.17, 15) is 4.79 Å². The van der Waals surface area contributed by atoms with Crippen LogP contribution in [0.1, 0.15) is 23.6 Å². The summed E-state index contributed by atoms with van der Waals surface area (Å²) in [5.41, 5.74) is 3.43. The van der Waals surface area contributed by atoms with Gasteiger partial charge < -0.3 is 5.32 Å². The molecule has 0 fully saturated rings. The molecule has 1 N–H and O–H groups in total. The molecular weight excluding hydrogens is 270 g/mol. The third-order valence-electron chi connectivity index (χ3n) is 4.03. The number of benzene rings is 2. The zero-order valence-electron chi connectivity index (χ0n) is 12.4. The van der Waals surface area contributed by atoms with Gasteiger partial charge >= 0.3 is 0 Å². The van der Waals surface area contributed by atoms with Crippen molar-refractivity contribution in [3.8, 4) is 0 Å². The Balaban J connectivity index is 2.02. The molecule has 3 rings (SSSR count). The zero-order valence-corrected chi connectivity index (χ0v) is 12.4. The standard InChI is InChI=1S/C20H19NO/c1-2-15-13-18(16-9-5-3-6-10-16)14-19(21-20(15)22)17-11-7-4-8-12-17/h2-12,14-15,19H,1,13H2,(H,21,22)/t15-,19-/m0/s1. The van der Waals surface area contributed by atoms with Gasteiger partial charge in [-0.3, -0.25) is 4.79 Å². The molecule has 110 valence electrons. The summed E-state index contributed by atoms with van der Waals surface area (Å²) in [4.78, 5) is 12.4.